The maximum Gasteiger partial charge on any atom is 0.263 e. The molecule has 0 fully saturated rings. The van der Waals surface area contributed by atoms with E-state index >= 15 is 0 Å². The molecule has 0 aromatic carbocycles. The first kappa shape index (κ1) is 8.96. The highest BCUT2D eigenvalue weighted by atomic mass is 35.5. The van der Waals surface area contributed by atoms with Gasteiger partial charge in [-0.2, -0.15) is 4.98 Å². The summed E-state index contributed by atoms with van der Waals surface area (Å²) in [5.74, 6) is 0.709. The van der Waals surface area contributed by atoms with Gasteiger partial charge in [-0.1, -0.05) is 5.16 Å². The summed E-state index contributed by atoms with van der Waals surface area (Å²) < 4.78 is 4.86. The van der Waals surface area contributed by atoms with E-state index in [1.807, 2.05) is 0 Å². The molecule has 72 valence electrons. The van der Waals surface area contributed by atoms with Crippen molar-refractivity contribution in [3.8, 4) is 11.5 Å². The highest BCUT2D eigenvalue weighted by Gasteiger charge is 2.10. The van der Waals surface area contributed by atoms with Crippen LogP contribution in [-0.4, -0.2) is 15.1 Å². The van der Waals surface area contributed by atoms with Crippen LogP contribution in [0.25, 0.3) is 11.5 Å². The Hall–Kier alpha value is -1.62. The van der Waals surface area contributed by atoms with Crippen LogP contribution in [0.3, 0.4) is 0 Å². The summed E-state index contributed by atoms with van der Waals surface area (Å²) in [5.41, 5.74) is 0.171. The molecule has 0 radical (unpaired) electrons. The molecule has 0 unspecified atom stereocenters. The van der Waals surface area contributed by atoms with Crippen molar-refractivity contribution in [1.29, 1.82) is 0 Å². The zero-order chi connectivity index (χ0) is 9.97. The van der Waals surface area contributed by atoms with Crippen LogP contribution in [0.4, 0.5) is 0 Å². The smallest absolute Gasteiger partial charge is 0.263 e. The molecule has 0 aliphatic carbocycles. The molecule has 0 aliphatic rings. The van der Waals surface area contributed by atoms with Crippen molar-refractivity contribution >= 4 is 11.6 Å². The lowest BCUT2D eigenvalue weighted by molar-refractivity contribution is 0.424. The molecule has 14 heavy (non-hydrogen) atoms. The zero-order valence-corrected chi connectivity index (χ0v) is 7.78. The van der Waals surface area contributed by atoms with Crippen molar-refractivity contribution in [2.45, 2.75) is 5.88 Å². The third kappa shape index (κ3) is 1.54. The molecule has 0 atom stereocenters. The number of halogens is 1. The number of aromatic nitrogens is 3. The molecule has 2 aromatic rings. The van der Waals surface area contributed by atoms with Gasteiger partial charge in [0.05, 0.1) is 5.88 Å². The van der Waals surface area contributed by atoms with E-state index in [2.05, 4.69) is 15.1 Å². The summed E-state index contributed by atoms with van der Waals surface area (Å²) >= 11 is 5.50. The molecule has 0 aliphatic heterocycles. The topological polar surface area (TPSA) is 71.8 Å². The van der Waals surface area contributed by atoms with E-state index < -0.39 is 0 Å². The lowest BCUT2D eigenvalue weighted by atomic mass is 10.3. The maximum absolute atomic E-state index is 11.3. The van der Waals surface area contributed by atoms with Crippen LogP contribution in [0, 0.1) is 0 Å². The minimum atomic E-state index is -0.173. The Labute approximate surface area is 83.7 Å². The van der Waals surface area contributed by atoms with E-state index in [1.165, 1.54) is 18.5 Å². The molecule has 2 heterocycles. The number of aromatic amines is 1. The molecule has 0 saturated heterocycles. The first-order valence-corrected chi connectivity index (χ1v) is 4.41. The molecule has 1 N–H and O–H groups in total. The van der Waals surface area contributed by atoms with Crippen molar-refractivity contribution in [1.82, 2.24) is 15.1 Å². The Bertz CT molecular complexity index is 491. The number of hydrogen-bond acceptors (Lipinski definition) is 4. The summed E-state index contributed by atoms with van der Waals surface area (Å²) in [6, 6.07) is 1.39. The average molecular weight is 212 g/mol. The van der Waals surface area contributed by atoms with Crippen molar-refractivity contribution in [3.05, 3.63) is 34.5 Å². The molecule has 6 heteroatoms. The molecule has 0 bridgehead atoms. The summed E-state index contributed by atoms with van der Waals surface area (Å²) in [6.45, 7) is 0. The van der Waals surface area contributed by atoms with Gasteiger partial charge in [-0.25, -0.2) is 0 Å². The zero-order valence-electron chi connectivity index (χ0n) is 7.03. The quantitative estimate of drug-likeness (QED) is 0.757. The van der Waals surface area contributed by atoms with Gasteiger partial charge < -0.3 is 9.51 Å². The largest absolute Gasteiger partial charge is 0.367 e. The molecule has 2 aromatic heterocycles. The molecule has 0 saturated carbocycles. The fourth-order valence-corrected chi connectivity index (χ4v) is 1.11. The Morgan fingerprint density at radius 1 is 1.57 bits per heavy atom. The second-order valence-corrected chi connectivity index (χ2v) is 2.84. The third-order valence-corrected chi connectivity index (χ3v) is 1.88. The van der Waals surface area contributed by atoms with Crippen LogP contribution in [0.15, 0.2) is 27.8 Å². The van der Waals surface area contributed by atoms with E-state index in [4.69, 9.17) is 16.1 Å². The SMILES string of the molecule is O=c1cc[nH]cc1-c1nc(CCl)no1. The lowest BCUT2D eigenvalue weighted by Crippen LogP contribution is -2.02. The van der Waals surface area contributed by atoms with Gasteiger partial charge in [0, 0.05) is 18.5 Å². The van der Waals surface area contributed by atoms with Gasteiger partial charge in [-0.15, -0.1) is 11.6 Å². The van der Waals surface area contributed by atoms with Gasteiger partial charge in [0.25, 0.3) is 5.89 Å². The van der Waals surface area contributed by atoms with Crippen LogP contribution in [0.1, 0.15) is 5.82 Å². The normalized spacial score (nSPS) is 10.4. The van der Waals surface area contributed by atoms with E-state index in [-0.39, 0.29) is 17.2 Å². The Morgan fingerprint density at radius 3 is 3.07 bits per heavy atom. The third-order valence-electron chi connectivity index (χ3n) is 1.64. The lowest BCUT2D eigenvalue weighted by Gasteiger charge is -1.89. The van der Waals surface area contributed by atoms with Crippen LogP contribution in [-0.2, 0) is 5.88 Å². The van der Waals surface area contributed by atoms with Crippen molar-refractivity contribution < 1.29 is 4.52 Å². The molecule has 0 spiro atoms. The number of H-pyrrole nitrogens is 1. The van der Waals surface area contributed by atoms with Crippen molar-refractivity contribution in [2.75, 3.05) is 0 Å². The summed E-state index contributed by atoms with van der Waals surface area (Å²) in [4.78, 5) is 18.0. The van der Waals surface area contributed by atoms with Gasteiger partial charge in [-0.3, -0.25) is 4.79 Å². The average Bonchev–Trinajstić information content (AvgIpc) is 2.67. The predicted octanol–water partition coefficient (Wildman–Crippen LogP) is 1.16. The van der Waals surface area contributed by atoms with Crippen LogP contribution >= 0.6 is 11.6 Å². The second-order valence-electron chi connectivity index (χ2n) is 2.57. The Morgan fingerprint density at radius 2 is 2.43 bits per heavy atom. The van der Waals surface area contributed by atoms with E-state index in [0.717, 1.165) is 0 Å². The number of nitrogens with zero attached hydrogens (tertiary/aromatic N) is 2. The molecule has 5 nitrogen and oxygen atoms in total. The highest BCUT2D eigenvalue weighted by molar-refractivity contribution is 6.16. The van der Waals surface area contributed by atoms with Crippen LogP contribution < -0.4 is 5.43 Å². The Balaban J connectivity index is 2.50. The number of alkyl halides is 1. The number of rotatable bonds is 2. The highest BCUT2D eigenvalue weighted by Crippen LogP contribution is 2.11. The van der Waals surface area contributed by atoms with Crippen LogP contribution in [0.2, 0.25) is 0 Å². The van der Waals surface area contributed by atoms with E-state index in [1.54, 1.807) is 0 Å². The minimum Gasteiger partial charge on any atom is -0.367 e. The maximum atomic E-state index is 11.3. The summed E-state index contributed by atoms with van der Waals surface area (Å²) in [5, 5.41) is 3.58. The predicted molar refractivity (Wildman–Crippen MR) is 49.9 cm³/mol. The fraction of sp³-hybridized carbons (Fsp3) is 0.125. The van der Waals surface area contributed by atoms with Gasteiger partial charge in [0.15, 0.2) is 11.3 Å². The van der Waals surface area contributed by atoms with Gasteiger partial charge in [-0.05, 0) is 0 Å². The Kier molecular flexibility index (Phi) is 2.32. The van der Waals surface area contributed by atoms with Gasteiger partial charge >= 0.3 is 0 Å². The van der Waals surface area contributed by atoms with E-state index in [0.29, 0.717) is 11.4 Å². The molecule has 0 amide bonds. The minimum absolute atomic E-state index is 0.161. The molecular formula is C8H6ClN3O2. The van der Waals surface area contributed by atoms with Crippen molar-refractivity contribution in [3.63, 3.8) is 0 Å². The monoisotopic (exact) mass is 211 g/mol. The number of nitrogens with one attached hydrogen (secondary N) is 1. The number of hydrogen-bond donors (Lipinski definition) is 1. The molecule has 2 rings (SSSR count). The summed E-state index contributed by atoms with van der Waals surface area (Å²) in [6.07, 6.45) is 3.04. The fourth-order valence-electron chi connectivity index (χ4n) is 1.00. The van der Waals surface area contributed by atoms with E-state index in [9.17, 15) is 4.79 Å². The second kappa shape index (κ2) is 3.63. The van der Waals surface area contributed by atoms with Crippen LogP contribution in [0.5, 0.6) is 0 Å². The first-order valence-electron chi connectivity index (χ1n) is 3.87. The van der Waals surface area contributed by atoms with Gasteiger partial charge in [0.2, 0.25) is 0 Å². The number of pyridine rings is 1. The van der Waals surface area contributed by atoms with Crippen molar-refractivity contribution in [2.24, 2.45) is 0 Å². The first-order chi connectivity index (χ1) is 6.81. The molecular weight excluding hydrogens is 206 g/mol. The van der Waals surface area contributed by atoms with Gasteiger partial charge in [0.1, 0.15) is 5.56 Å². The summed E-state index contributed by atoms with van der Waals surface area (Å²) in [7, 11) is 0. The standard InChI is InChI=1S/C8H6ClN3O2/c9-3-7-11-8(14-12-7)5-4-10-2-1-6(5)13/h1-2,4H,3H2,(H,10,13).